The minimum Gasteiger partial charge on any atom is -0.468 e. The summed E-state index contributed by atoms with van der Waals surface area (Å²) in [5.41, 5.74) is 0.382. The SMILES string of the molecule is CCN(CC)C(CNC(=O)c1ccc(S(=O)(=O)N2CCN(C(C)=O)CC2)cc1)c1ccco1. The highest BCUT2D eigenvalue weighted by molar-refractivity contribution is 7.89. The van der Waals surface area contributed by atoms with Crippen LogP contribution in [0.25, 0.3) is 0 Å². The number of carbonyl (C=O) groups excluding carboxylic acids is 2. The van der Waals surface area contributed by atoms with Crippen molar-refractivity contribution in [1.82, 2.24) is 19.4 Å². The van der Waals surface area contributed by atoms with Crippen LogP contribution in [0.1, 0.15) is 42.9 Å². The molecule has 1 aromatic carbocycles. The molecule has 10 heteroatoms. The maximum atomic E-state index is 12.9. The van der Waals surface area contributed by atoms with Gasteiger partial charge in [-0.25, -0.2) is 8.42 Å². The van der Waals surface area contributed by atoms with Crippen molar-refractivity contribution < 1.29 is 22.4 Å². The molecule has 1 saturated heterocycles. The molecule has 9 nitrogen and oxygen atoms in total. The molecule has 1 aromatic heterocycles. The standard InChI is InChI=1S/C23H32N4O5S/c1-4-25(5-2)21(22-7-6-16-32-22)17-24-23(29)19-8-10-20(11-9-19)33(30,31)27-14-12-26(13-15-27)18(3)28/h6-11,16,21H,4-5,12-15,17H2,1-3H3,(H,24,29). The summed E-state index contributed by atoms with van der Waals surface area (Å²) in [6.07, 6.45) is 1.62. The smallest absolute Gasteiger partial charge is 0.251 e. The van der Waals surface area contributed by atoms with Crippen molar-refractivity contribution >= 4 is 21.8 Å². The van der Waals surface area contributed by atoms with Crippen LogP contribution in [0.3, 0.4) is 0 Å². The average Bonchev–Trinajstić information content (AvgIpc) is 3.36. The summed E-state index contributed by atoms with van der Waals surface area (Å²) in [5, 5.41) is 2.94. The van der Waals surface area contributed by atoms with Gasteiger partial charge in [0.15, 0.2) is 0 Å². The first-order valence-corrected chi connectivity index (χ1v) is 12.6. The molecule has 1 aliphatic rings. The monoisotopic (exact) mass is 476 g/mol. The molecular formula is C23H32N4O5S. The molecule has 1 N–H and O–H groups in total. The molecule has 2 heterocycles. The number of likely N-dealkylation sites (N-methyl/N-ethyl adjacent to an activating group) is 1. The summed E-state index contributed by atoms with van der Waals surface area (Å²) < 4.78 is 32.8. The van der Waals surface area contributed by atoms with Gasteiger partial charge in [-0.1, -0.05) is 13.8 Å². The fourth-order valence-electron chi connectivity index (χ4n) is 4.02. The molecule has 33 heavy (non-hydrogen) atoms. The molecule has 0 aliphatic carbocycles. The molecule has 2 amide bonds. The number of nitrogens with one attached hydrogen (secondary N) is 1. The number of sulfonamides is 1. The zero-order valence-corrected chi connectivity index (χ0v) is 20.2. The van der Waals surface area contributed by atoms with E-state index in [9.17, 15) is 18.0 Å². The number of rotatable bonds is 9. The highest BCUT2D eigenvalue weighted by Gasteiger charge is 2.29. The second-order valence-electron chi connectivity index (χ2n) is 7.90. The Hall–Kier alpha value is -2.69. The number of carbonyl (C=O) groups is 2. The number of amides is 2. The Kier molecular flexibility index (Phi) is 8.28. The van der Waals surface area contributed by atoms with Crippen LogP contribution in [0.15, 0.2) is 52.0 Å². The van der Waals surface area contributed by atoms with E-state index in [4.69, 9.17) is 4.42 Å². The summed E-state index contributed by atoms with van der Waals surface area (Å²) in [6, 6.07) is 9.58. The normalized spacial score (nSPS) is 16.1. The Balaban J connectivity index is 1.64. The van der Waals surface area contributed by atoms with Gasteiger partial charge >= 0.3 is 0 Å². The first-order chi connectivity index (χ1) is 15.8. The molecule has 0 spiro atoms. The molecule has 0 radical (unpaired) electrons. The third-order valence-electron chi connectivity index (χ3n) is 6.02. The van der Waals surface area contributed by atoms with Crippen molar-refractivity contribution in [2.75, 3.05) is 45.8 Å². The molecule has 1 unspecified atom stereocenters. The quantitative estimate of drug-likeness (QED) is 0.593. The number of hydrogen-bond donors (Lipinski definition) is 1. The summed E-state index contributed by atoms with van der Waals surface area (Å²) >= 11 is 0. The van der Waals surface area contributed by atoms with Gasteiger partial charge in [0.05, 0.1) is 17.2 Å². The van der Waals surface area contributed by atoms with E-state index in [1.807, 2.05) is 12.1 Å². The van der Waals surface area contributed by atoms with Crippen LogP contribution in [0.5, 0.6) is 0 Å². The Bertz CT molecular complexity index is 1030. The lowest BCUT2D eigenvalue weighted by atomic mass is 10.1. The van der Waals surface area contributed by atoms with Gasteiger partial charge in [0.25, 0.3) is 5.91 Å². The summed E-state index contributed by atoms with van der Waals surface area (Å²) in [7, 11) is -3.68. The zero-order valence-electron chi connectivity index (χ0n) is 19.4. The average molecular weight is 477 g/mol. The van der Waals surface area contributed by atoms with Crippen molar-refractivity contribution in [2.24, 2.45) is 0 Å². The van der Waals surface area contributed by atoms with E-state index in [0.717, 1.165) is 18.8 Å². The van der Waals surface area contributed by atoms with Crippen LogP contribution in [0.4, 0.5) is 0 Å². The van der Waals surface area contributed by atoms with Crippen molar-refractivity contribution in [3.8, 4) is 0 Å². The van der Waals surface area contributed by atoms with E-state index in [2.05, 4.69) is 24.1 Å². The van der Waals surface area contributed by atoms with E-state index in [0.29, 0.717) is 25.2 Å². The Morgan fingerprint density at radius 2 is 1.70 bits per heavy atom. The number of hydrogen-bond acceptors (Lipinski definition) is 6. The molecule has 1 fully saturated rings. The van der Waals surface area contributed by atoms with E-state index >= 15 is 0 Å². The van der Waals surface area contributed by atoms with Crippen LogP contribution in [0, 0.1) is 0 Å². The lowest BCUT2D eigenvalue weighted by molar-refractivity contribution is -0.129. The van der Waals surface area contributed by atoms with Crippen LogP contribution >= 0.6 is 0 Å². The number of furan rings is 1. The number of nitrogens with zero attached hydrogens (tertiary/aromatic N) is 3. The minimum absolute atomic E-state index is 0.0577. The van der Waals surface area contributed by atoms with Gasteiger partial charge in [0.2, 0.25) is 15.9 Å². The van der Waals surface area contributed by atoms with Crippen LogP contribution in [0.2, 0.25) is 0 Å². The van der Waals surface area contributed by atoms with Crippen LogP contribution in [-0.2, 0) is 14.8 Å². The van der Waals surface area contributed by atoms with Crippen molar-refractivity contribution in [3.63, 3.8) is 0 Å². The molecular weight excluding hydrogens is 444 g/mol. The molecule has 1 aliphatic heterocycles. The summed E-state index contributed by atoms with van der Waals surface area (Å²) in [4.78, 5) is 28.2. The lowest BCUT2D eigenvalue weighted by Gasteiger charge is -2.33. The molecule has 3 rings (SSSR count). The van der Waals surface area contributed by atoms with E-state index in [1.54, 1.807) is 11.2 Å². The van der Waals surface area contributed by atoms with Gasteiger partial charge < -0.3 is 14.6 Å². The Morgan fingerprint density at radius 3 is 2.21 bits per heavy atom. The maximum absolute atomic E-state index is 12.9. The van der Waals surface area contributed by atoms with Crippen LogP contribution < -0.4 is 5.32 Å². The second-order valence-corrected chi connectivity index (χ2v) is 9.83. The van der Waals surface area contributed by atoms with Gasteiger partial charge in [0, 0.05) is 45.2 Å². The predicted octanol–water partition coefficient (Wildman–Crippen LogP) is 1.95. The largest absolute Gasteiger partial charge is 0.468 e. The fourth-order valence-corrected chi connectivity index (χ4v) is 5.44. The third kappa shape index (κ3) is 5.82. The van der Waals surface area contributed by atoms with Gasteiger partial charge in [-0.15, -0.1) is 0 Å². The zero-order chi connectivity index (χ0) is 24.0. The van der Waals surface area contributed by atoms with Gasteiger partial charge in [-0.2, -0.15) is 4.31 Å². The highest BCUT2D eigenvalue weighted by atomic mass is 32.2. The maximum Gasteiger partial charge on any atom is 0.251 e. The Morgan fingerprint density at radius 1 is 1.06 bits per heavy atom. The second kappa shape index (κ2) is 11.0. The van der Waals surface area contributed by atoms with Gasteiger partial charge in [-0.05, 0) is 49.5 Å². The van der Waals surface area contributed by atoms with Crippen LogP contribution in [-0.4, -0.2) is 80.2 Å². The van der Waals surface area contributed by atoms with E-state index in [1.165, 1.54) is 35.5 Å². The fraction of sp³-hybridized carbons (Fsp3) is 0.478. The number of piperazine rings is 1. The first-order valence-electron chi connectivity index (χ1n) is 11.2. The van der Waals surface area contributed by atoms with Gasteiger partial charge in [0.1, 0.15) is 5.76 Å². The molecule has 2 aromatic rings. The van der Waals surface area contributed by atoms with E-state index < -0.39 is 10.0 Å². The predicted molar refractivity (Wildman–Crippen MR) is 124 cm³/mol. The van der Waals surface area contributed by atoms with Crippen molar-refractivity contribution in [3.05, 3.63) is 54.0 Å². The lowest BCUT2D eigenvalue weighted by Crippen LogP contribution is -2.49. The minimum atomic E-state index is -3.68. The molecule has 0 saturated carbocycles. The molecule has 180 valence electrons. The number of benzene rings is 1. The summed E-state index contributed by atoms with van der Waals surface area (Å²) in [5.74, 6) is 0.445. The Labute approximate surface area is 195 Å². The third-order valence-corrected chi connectivity index (χ3v) is 7.93. The first kappa shape index (κ1) is 24.9. The molecule has 0 bridgehead atoms. The van der Waals surface area contributed by atoms with E-state index in [-0.39, 0.29) is 35.8 Å². The van der Waals surface area contributed by atoms with Gasteiger partial charge in [-0.3, -0.25) is 14.5 Å². The topological polar surface area (TPSA) is 103 Å². The highest BCUT2D eigenvalue weighted by Crippen LogP contribution is 2.21. The summed E-state index contributed by atoms with van der Waals surface area (Å²) in [6.45, 7) is 8.84. The van der Waals surface area contributed by atoms with Crippen molar-refractivity contribution in [1.29, 1.82) is 0 Å². The molecule has 1 atom stereocenters. The van der Waals surface area contributed by atoms with Crippen molar-refractivity contribution in [2.45, 2.75) is 31.7 Å².